The van der Waals surface area contributed by atoms with Gasteiger partial charge in [0.2, 0.25) is 5.91 Å². The number of carbonyl (C=O) groups is 4. The molecule has 0 saturated heterocycles. The number of aldehydes is 1. The number of aliphatic carboxylic acids is 1. The summed E-state index contributed by atoms with van der Waals surface area (Å²) >= 11 is 0. The Morgan fingerprint density at radius 2 is 1.73 bits per heavy atom. The van der Waals surface area contributed by atoms with Gasteiger partial charge in [0.1, 0.15) is 18.1 Å². The first-order valence-corrected chi connectivity index (χ1v) is 9.61. The number of rotatable bonds is 10. The van der Waals surface area contributed by atoms with E-state index in [1.807, 2.05) is 37.3 Å². The van der Waals surface area contributed by atoms with E-state index in [0.29, 0.717) is 12.0 Å². The second kappa shape index (κ2) is 10.4. The van der Waals surface area contributed by atoms with Gasteiger partial charge in [0.25, 0.3) is 5.91 Å². The van der Waals surface area contributed by atoms with Gasteiger partial charge in [0, 0.05) is 5.39 Å². The Bertz CT molecular complexity index is 940. The average Bonchev–Trinajstić information content (AvgIpc) is 2.69. The van der Waals surface area contributed by atoms with Gasteiger partial charge < -0.3 is 25.3 Å². The van der Waals surface area contributed by atoms with Crippen molar-refractivity contribution in [2.75, 3.05) is 6.61 Å². The number of carboxylic acids is 1. The molecule has 8 nitrogen and oxygen atoms in total. The van der Waals surface area contributed by atoms with Gasteiger partial charge in [-0.25, -0.2) is 0 Å². The van der Waals surface area contributed by atoms with Gasteiger partial charge in [-0.05, 0) is 29.9 Å². The Morgan fingerprint density at radius 3 is 2.37 bits per heavy atom. The highest BCUT2D eigenvalue weighted by Crippen LogP contribution is 2.27. The van der Waals surface area contributed by atoms with Gasteiger partial charge in [-0.15, -0.1) is 0 Å². The first kappa shape index (κ1) is 22.9. The number of hydrogen-bond acceptors (Lipinski definition) is 5. The summed E-state index contributed by atoms with van der Waals surface area (Å²) in [5.41, 5.74) is 1.09. The fourth-order valence-electron chi connectivity index (χ4n) is 3.05. The fraction of sp³-hybridized carbons (Fsp3) is 0.364. The van der Waals surface area contributed by atoms with Crippen LogP contribution in [0, 0.1) is 12.8 Å². The molecule has 30 heavy (non-hydrogen) atoms. The van der Waals surface area contributed by atoms with Gasteiger partial charge in [-0.3, -0.25) is 14.4 Å². The highest BCUT2D eigenvalue weighted by atomic mass is 16.5. The summed E-state index contributed by atoms with van der Waals surface area (Å²) < 4.78 is 5.67. The number of ether oxygens (including phenoxy) is 1. The number of benzene rings is 2. The third kappa shape index (κ3) is 6.04. The number of hydrogen-bond donors (Lipinski definition) is 3. The Kier molecular flexibility index (Phi) is 7.91. The zero-order chi connectivity index (χ0) is 22.3. The fourth-order valence-corrected chi connectivity index (χ4v) is 3.05. The molecule has 2 rings (SSSR count). The normalized spacial score (nSPS) is 12.8. The highest BCUT2D eigenvalue weighted by Gasteiger charge is 2.27. The SMILES string of the molecule is Cc1cccc2c(OCC(=O)N[C@H](C(=O)N[C@H](C=O)CC(=O)O)C(C)C)cccc12. The first-order valence-electron chi connectivity index (χ1n) is 9.61. The second-order valence-corrected chi connectivity index (χ2v) is 7.35. The van der Waals surface area contributed by atoms with Crippen molar-refractivity contribution >= 4 is 34.8 Å². The number of carbonyl (C=O) groups excluding carboxylic acids is 3. The van der Waals surface area contributed by atoms with Gasteiger partial charge in [-0.2, -0.15) is 0 Å². The molecule has 0 radical (unpaired) electrons. The van der Waals surface area contributed by atoms with Crippen LogP contribution in [0.15, 0.2) is 36.4 Å². The number of carboxylic acid groups (broad SMARTS) is 1. The van der Waals surface area contributed by atoms with E-state index in [-0.39, 0.29) is 12.5 Å². The maximum atomic E-state index is 12.4. The van der Waals surface area contributed by atoms with E-state index in [2.05, 4.69) is 10.6 Å². The van der Waals surface area contributed by atoms with Crippen molar-refractivity contribution in [1.82, 2.24) is 10.6 Å². The van der Waals surface area contributed by atoms with E-state index in [0.717, 1.165) is 16.3 Å². The third-order valence-electron chi connectivity index (χ3n) is 4.61. The Balaban J connectivity index is 2.02. The van der Waals surface area contributed by atoms with Crippen LogP contribution in [0.4, 0.5) is 0 Å². The highest BCUT2D eigenvalue weighted by molar-refractivity contribution is 5.92. The molecule has 2 amide bonds. The van der Waals surface area contributed by atoms with Crippen LogP contribution in [-0.4, -0.2) is 47.9 Å². The van der Waals surface area contributed by atoms with Crippen molar-refractivity contribution in [1.29, 1.82) is 0 Å². The molecule has 0 aliphatic rings. The predicted octanol–water partition coefficient (Wildman–Crippen LogP) is 1.83. The van der Waals surface area contributed by atoms with Crippen LogP contribution in [0.1, 0.15) is 25.8 Å². The maximum absolute atomic E-state index is 12.4. The third-order valence-corrected chi connectivity index (χ3v) is 4.61. The van der Waals surface area contributed by atoms with Crippen molar-refractivity contribution in [3.05, 3.63) is 42.0 Å². The molecule has 2 aromatic carbocycles. The minimum absolute atomic E-state index is 0.286. The van der Waals surface area contributed by atoms with Gasteiger partial charge >= 0.3 is 5.97 Å². The molecule has 0 aliphatic carbocycles. The molecule has 2 aromatic rings. The summed E-state index contributed by atoms with van der Waals surface area (Å²) in [5, 5.41) is 15.6. The summed E-state index contributed by atoms with van der Waals surface area (Å²) in [6.07, 6.45) is -0.172. The number of amides is 2. The number of nitrogens with one attached hydrogen (secondary N) is 2. The molecule has 8 heteroatoms. The van der Waals surface area contributed by atoms with E-state index in [4.69, 9.17) is 9.84 Å². The lowest BCUT2D eigenvalue weighted by molar-refractivity contribution is -0.139. The molecule has 0 bridgehead atoms. The lowest BCUT2D eigenvalue weighted by Crippen LogP contribution is -2.53. The molecule has 3 N–H and O–H groups in total. The molecule has 0 saturated carbocycles. The monoisotopic (exact) mass is 414 g/mol. The van der Waals surface area contributed by atoms with Crippen LogP contribution in [-0.2, 0) is 19.2 Å². The van der Waals surface area contributed by atoms with E-state index >= 15 is 0 Å². The maximum Gasteiger partial charge on any atom is 0.305 e. The predicted molar refractivity (Wildman–Crippen MR) is 111 cm³/mol. The average molecular weight is 414 g/mol. The molecule has 0 heterocycles. The zero-order valence-corrected chi connectivity index (χ0v) is 17.2. The first-order chi connectivity index (χ1) is 14.2. The quantitative estimate of drug-likeness (QED) is 0.510. The molecule has 0 fully saturated rings. The summed E-state index contributed by atoms with van der Waals surface area (Å²) in [5.74, 6) is -2.08. The summed E-state index contributed by atoms with van der Waals surface area (Å²) in [6, 6.07) is 9.28. The van der Waals surface area contributed by atoms with Crippen molar-refractivity contribution in [3.8, 4) is 5.75 Å². The lowest BCUT2D eigenvalue weighted by Gasteiger charge is -2.23. The Labute approximate surface area is 174 Å². The van der Waals surface area contributed by atoms with Crippen LogP contribution < -0.4 is 15.4 Å². The van der Waals surface area contributed by atoms with Gasteiger partial charge in [0.05, 0.1) is 12.5 Å². The van der Waals surface area contributed by atoms with Crippen molar-refractivity contribution < 1.29 is 29.0 Å². The van der Waals surface area contributed by atoms with Crippen LogP contribution >= 0.6 is 0 Å². The largest absolute Gasteiger partial charge is 0.483 e. The molecule has 160 valence electrons. The topological polar surface area (TPSA) is 122 Å². The molecule has 0 spiro atoms. The zero-order valence-electron chi connectivity index (χ0n) is 17.2. The summed E-state index contributed by atoms with van der Waals surface area (Å²) in [7, 11) is 0. The van der Waals surface area contributed by atoms with Crippen LogP contribution in [0.3, 0.4) is 0 Å². The van der Waals surface area contributed by atoms with Crippen LogP contribution in [0.25, 0.3) is 10.8 Å². The minimum Gasteiger partial charge on any atom is -0.483 e. The summed E-state index contributed by atoms with van der Waals surface area (Å²) in [6.45, 7) is 5.15. The lowest BCUT2D eigenvalue weighted by atomic mass is 10.0. The van der Waals surface area contributed by atoms with Crippen LogP contribution in [0.2, 0.25) is 0 Å². The minimum atomic E-state index is -1.21. The molecular formula is C22H26N2O6. The second-order valence-electron chi connectivity index (χ2n) is 7.35. The van der Waals surface area contributed by atoms with Gasteiger partial charge in [0.15, 0.2) is 6.61 Å². The van der Waals surface area contributed by atoms with E-state index in [1.165, 1.54) is 0 Å². The van der Waals surface area contributed by atoms with E-state index < -0.39 is 36.3 Å². The molecule has 0 aliphatic heterocycles. The smallest absolute Gasteiger partial charge is 0.305 e. The molecular weight excluding hydrogens is 388 g/mol. The van der Waals surface area contributed by atoms with Crippen molar-refractivity contribution in [3.63, 3.8) is 0 Å². The van der Waals surface area contributed by atoms with Crippen molar-refractivity contribution in [2.45, 2.75) is 39.3 Å². The number of aryl methyl sites for hydroxylation is 1. The van der Waals surface area contributed by atoms with E-state index in [1.54, 1.807) is 19.9 Å². The molecule has 0 aromatic heterocycles. The molecule has 2 atom stereocenters. The number of fused-ring (bicyclic) bond motifs is 1. The van der Waals surface area contributed by atoms with Crippen molar-refractivity contribution in [2.24, 2.45) is 5.92 Å². The molecule has 0 unspecified atom stereocenters. The van der Waals surface area contributed by atoms with Crippen LogP contribution in [0.5, 0.6) is 5.75 Å². The van der Waals surface area contributed by atoms with Gasteiger partial charge in [-0.1, -0.05) is 44.2 Å². The summed E-state index contributed by atoms with van der Waals surface area (Å²) in [4.78, 5) is 46.6. The standard InChI is InChI=1S/C22H26N2O6/c1-13(2)21(22(29)23-15(11-25)10-20(27)28)24-19(26)12-30-18-9-5-7-16-14(3)6-4-8-17(16)18/h4-9,11,13,15,21H,10,12H2,1-3H3,(H,23,29)(H,24,26)(H,27,28)/t15-,21-/m0/s1. The Hall–Kier alpha value is -3.42. The van der Waals surface area contributed by atoms with E-state index in [9.17, 15) is 19.2 Å². The Morgan fingerprint density at radius 1 is 1.07 bits per heavy atom.